The van der Waals surface area contributed by atoms with E-state index in [1.54, 1.807) is 11.6 Å². The predicted octanol–water partition coefficient (Wildman–Crippen LogP) is 3.57. The van der Waals surface area contributed by atoms with Gasteiger partial charge in [0.2, 0.25) is 5.91 Å². The van der Waals surface area contributed by atoms with E-state index in [1.807, 2.05) is 67.6 Å². The van der Waals surface area contributed by atoms with Crippen LogP contribution in [0.15, 0.2) is 60.7 Å². The van der Waals surface area contributed by atoms with Gasteiger partial charge in [0.1, 0.15) is 17.9 Å². The first-order chi connectivity index (χ1) is 16.3. The molecule has 3 aromatic rings. The number of aromatic nitrogens is 2. The van der Waals surface area contributed by atoms with Gasteiger partial charge < -0.3 is 10.6 Å². The molecule has 5 rings (SSSR count). The second-order valence-corrected chi connectivity index (χ2v) is 9.27. The van der Waals surface area contributed by atoms with Crippen LogP contribution in [0.4, 0.5) is 10.6 Å². The number of nitrogens with zero attached hydrogens (tertiary/aromatic N) is 3. The first kappa shape index (κ1) is 21.9. The molecule has 1 unspecified atom stereocenters. The average Bonchev–Trinajstić information content (AvgIpc) is 3.57. The van der Waals surface area contributed by atoms with Gasteiger partial charge in [-0.2, -0.15) is 5.10 Å². The summed E-state index contributed by atoms with van der Waals surface area (Å²) < 4.78 is 1.73. The summed E-state index contributed by atoms with van der Waals surface area (Å²) in [6.45, 7) is 3.88. The van der Waals surface area contributed by atoms with Gasteiger partial charge in [0, 0.05) is 11.6 Å². The Labute approximate surface area is 197 Å². The molecule has 2 N–H and O–H groups in total. The number of amides is 4. The van der Waals surface area contributed by atoms with E-state index in [0.717, 1.165) is 40.1 Å². The van der Waals surface area contributed by atoms with Crippen LogP contribution in [0.1, 0.15) is 30.9 Å². The molecule has 8 nitrogen and oxygen atoms in total. The van der Waals surface area contributed by atoms with Gasteiger partial charge in [-0.1, -0.05) is 54.1 Å². The number of hydrogen-bond donors (Lipinski definition) is 2. The van der Waals surface area contributed by atoms with Crippen molar-refractivity contribution >= 4 is 23.7 Å². The lowest BCUT2D eigenvalue weighted by molar-refractivity contribution is -0.134. The smallest absolute Gasteiger partial charge is 0.323 e. The minimum atomic E-state index is -0.912. The van der Waals surface area contributed by atoms with Crippen molar-refractivity contribution in [2.75, 3.05) is 11.9 Å². The zero-order valence-corrected chi connectivity index (χ0v) is 19.2. The van der Waals surface area contributed by atoms with Gasteiger partial charge >= 0.3 is 6.03 Å². The lowest BCUT2D eigenvalue weighted by Crippen LogP contribution is -2.46. The number of benzene rings is 2. The minimum Gasteiger partial charge on any atom is -0.323 e. The van der Waals surface area contributed by atoms with Crippen LogP contribution >= 0.6 is 0 Å². The molecule has 2 aromatic carbocycles. The molecule has 0 bridgehead atoms. The highest BCUT2D eigenvalue weighted by Crippen LogP contribution is 2.42. The van der Waals surface area contributed by atoms with Crippen LogP contribution in [0.2, 0.25) is 0 Å². The highest BCUT2D eigenvalue weighted by Gasteiger charge is 2.56. The van der Waals surface area contributed by atoms with Gasteiger partial charge in [-0.05, 0) is 44.2 Å². The molecule has 1 atom stereocenters. The Morgan fingerprint density at radius 3 is 2.59 bits per heavy atom. The van der Waals surface area contributed by atoms with Crippen LogP contribution in [0, 0.1) is 12.8 Å². The molecule has 0 spiro atoms. The maximum atomic E-state index is 12.9. The SMILES string of the molecule is Cc1cccc(-c2cc(NC(=O)CN3C(=O)NC(C)(C4CC4)C3=O)n(Cc3ccccc3)n2)c1. The van der Waals surface area contributed by atoms with Crippen LogP contribution in [0.25, 0.3) is 11.3 Å². The monoisotopic (exact) mass is 457 g/mol. The summed E-state index contributed by atoms with van der Waals surface area (Å²) in [7, 11) is 0. The van der Waals surface area contributed by atoms with Gasteiger partial charge in [0.15, 0.2) is 0 Å². The Balaban J connectivity index is 1.38. The van der Waals surface area contributed by atoms with Crippen LogP contribution in [-0.4, -0.2) is 44.6 Å². The summed E-state index contributed by atoms with van der Waals surface area (Å²) in [6.07, 6.45) is 1.81. The molecule has 174 valence electrons. The molecule has 2 heterocycles. The molecule has 34 heavy (non-hydrogen) atoms. The number of nitrogens with one attached hydrogen (secondary N) is 2. The summed E-state index contributed by atoms with van der Waals surface area (Å²) in [5.74, 6) is -0.148. The van der Waals surface area contributed by atoms with Crippen molar-refractivity contribution in [1.29, 1.82) is 0 Å². The standard InChI is InChI=1S/C26H27N5O3/c1-17-7-6-10-19(13-17)21-14-22(31(29-21)15-18-8-4-3-5-9-18)27-23(32)16-30-24(33)26(2,20-11-12-20)28-25(30)34/h3-10,13-14,20H,11-12,15-16H2,1-2H3,(H,27,32)(H,28,34). The molecule has 8 heteroatoms. The summed E-state index contributed by atoms with van der Waals surface area (Å²) in [4.78, 5) is 39.3. The quantitative estimate of drug-likeness (QED) is 0.530. The third-order valence-electron chi connectivity index (χ3n) is 6.53. The van der Waals surface area contributed by atoms with E-state index in [9.17, 15) is 14.4 Å². The maximum Gasteiger partial charge on any atom is 0.325 e. The molecule has 1 saturated heterocycles. The fourth-order valence-corrected chi connectivity index (χ4v) is 4.46. The van der Waals surface area contributed by atoms with Gasteiger partial charge in [-0.3, -0.25) is 14.5 Å². The number of urea groups is 1. The molecule has 0 radical (unpaired) electrons. The summed E-state index contributed by atoms with van der Waals surface area (Å²) in [5, 5.41) is 10.4. The highest BCUT2D eigenvalue weighted by atomic mass is 16.2. The molecular weight excluding hydrogens is 430 g/mol. The van der Waals surface area contributed by atoms with E-state index >= 15 is 0 Å². The topological polar surface area (TPSA) is 96.3 Å². The van der Waals surface area contributed by atoms with Crippen molar-refractivity contribution in [2.24, 2.45) is 5.92 Å². The Bertz CT molecular complexity index is 1260. The second-order valence-electron chi connectivity index (χ2n) is 9.27. The predicted molar refractivity (Wildman–Crippen MR) is 128 cm³/mol. The van der Waals surface area contributed by atoms with Crippen molar-refractivity contribution < 1.29 is 14.4 Å². The number of carbonyl (C=O) groups excluding carboxylic acids is 3. The van der Waals surface area contributed by atoms with Gasteiger partial charge in [-0.25, -0.2) is 9.48 Å². The molecular formula is C26H27N5O3. The average molecular weight is 458 g/mol. The molecule has 1 aliphatic heterocycles. The number of rotatable bonds is 7. The third-order valence-corrected chi connectivity index (χ3v) is 6.53. The van der Waals surface area contributed by atoms with Crippen LogP contribution < -0.4 is 10.6 Å². The third kappa shape index (κ3) is 4.19. The van der Waals surface area contributed by atoms with Crippen LogP contribution in [0.3, 0.4) is 0 Å². The summed E-state index contributed by atoms with van der Waals surface area (Å²) in [5.41, 5.74) is 2.90. The Kier molecular flexibility index (Phi) is 5.43. The fraction of sp³-hybridized carbons (Fsp3) is 0.308. The number of hydrogen-bond acceptors (Lipinski definition) is 4. The Hall–Kier alpha value is -3.94. The Morgan fingerprint density at radius 1 is 1.12 bits per heavy atom. The lowest BCUT2D eigenvalue weighted by atomic mass is 9.96. The highest BCUT2D eigenvalue weighted by molar-refractivity contribution is 6.10. The minimum absolute atomic E-state index is 0.140. The molecule has 4 amide bonds. The first-order valence-electron chi connectivity index (χ1n) is 11.5. The van der Waals surface area contributed by atoms with E-state index in [0.29, 0.717) is 12.4 Å². The molecule has 1 aliphatic carbocycles. The van der Waals surface area contributed by atoms with Gasteiger partial charge in [0.25, 0.3) is 5.91 Å². The largest absolute Gasteiger partial charge is 0.325 e. The second kappa shape index (κ2) is 8.44. The van der Waals surface area contributed by atoms with Crippen molar-refractivity contribution in [1.82, 2.24) is 20.0 Å². The van der Waals surface area contributed by atoms with Gasteiger partial charge in [0.05, 0.1) is 12.2 Å². The van der Waals surface area contributed by atoms with E-state index in [1.165, 1.54) is 0 Å². The van der Waals surface area contributed by atoms with Crippen molar-refractivity contribution in [3.63, 3.8) is 0 Å². The first-order valence-corrected chi connectivity index (χ1v) is 11.5. The molecule has 2 fully saturated rings. The summed E-state index contributed by atoms with van der Waals surface area (Å²) in [6, 6.07) is 19.1. The zero-order valence-electron chi connectivity index (χ0n) is 19.2. The lowest BCUT2D eigenvalue weighted by Gasteiger charge is -2.20. The van der Waals surface area contributed by atoms with Gasteiger partial charge in [-0.15, -0.1) is 0 Å². The van der Waals surface area contributed by atoms with Crippen molar-refractivity contribution in [3.05, 3.63) is 71.8 Å². The van der Waals surface area contributed by atoms with Crippen LogP contribution in [0.5, 0.6) is 0 Å². The van der Waals surface area contributed by atoms with Crippen molar-refractivity contribution in [3.8, 4) is 11.3 Å². The number of anilines is 1. The molecule has 1 saturated carbocycles. The fourth-order valence-electron chi connectivity index (χ4n) is 4.46. The van der Waals surface area contributed by atoms with Crippen molar-refractivity contribution in [2.45, 2.75) is 38.8 Å². The van der Waals surface area contributed by atoms with E-state index < -0.39 is 17.5 Å². The number of imide groups is 1. The summed E-state index contributed by atoms with van der Waals surface area (Å²) >= 11 is 0. The molecule has 2 aliphatic rings. The van der Waals surface area contributed by atoms with E-state index in [4.69, 9.17) is 5.10 Å². The maximum absolute atomic E-state index is 12.9. The van der Waals surface area contributed by atoms with E-state index in [-0.39, 0.29) is 18.4 Å². The number of carbonyl (C=O) groups is 3. The normalized spacial score (nSPS) is 19.9. The van der Waals surface area contributed by atoms with Crippen LogP contribution in [-0.2, 0) is 16.1 Å². The Morgan fingerprint density at radius 2 is 1.88 bits per heavy atom. The molecule has 1 aromatic heterocycles. The number of aryl methyl sites for hydroxylation is 1. The van der Waals surface area contributed by atoms with E-state index in [2.05, 4.69) is 10.6 Å². The zero-order chi connectivity index (χ0) is 23.9.